The van der Waals surface area contributed by atoms with E-state index in [1.165, 1.54) is 11.8 Å². The lowest BCUT2D eigenvalue weighted by Crippen LogP contribution is -2.31. The van der Waals surface area contributed by atoms with E-state index in [4.69, 9.17) is 10.00 Å². The SMILES string of the molecule is C[C@@H](CNC(=O)COC(=O)c1ccccc1SCC(=O)Nc1cccc(C#N)c1)c1ccccc1. The van der Waals surface area contributed by atoms with Gasteiger partial charge in [0, 0.05) is 17.1 Å². The zero-order valence-corrected chi connectivity index (χ0v) is 20.0. The third-order valence-electron chi connectivity index (χ3n) is 5.05. The second-order valence-electron chi connectivity index (χ2n) is 7.72. The molecule has 0 radical (unpaired) electrons. The van der Waals surface area contributed by atoms with E-state index >= 15 is 0 Å². The number of nitrogens with one attached hydrogen (secondary N) is 2. The van der Waals surface area contributed by atoms with Crippen LogP contribution in [-0.4, -0.2) is 36.7 Å². The largest absolute Gasteiger partial charge is 0.452 e. The monoisotopic (exact) mass is 487 g/mol. The summed E-state index contributed by atoms with van der Waals surface area (Å²) in [5.74, 6) is -1.12. The van der Waals surface area contributed by atoms with Gasteiger partial charge in [0.05, 0.1) is 22.9 Å². The third kappa shape index (κ3) is 8.02. The third-order valence-corrected chi connectivity index (χ3v) is 6.12. The smallest absolute Gasteiger partial charge is 0.339 e. The highest BCUT2D eigenvalue weighted by molar-refractivity contribution is 8.00. The predicted molar refractivity (Wildman–Crippen MR) is 135 cm³/mol. The highest BCUT2D eigenvalue weighted by atomic mass is 32.2. The average molecular weight is 488 g/mol. The molecule has 3 aromatic rings. The quantitative estimate of drug-likeness (QED) is 0.325. The fourth-order valence-electron chi connectivity index (χ4n) is 3.19. The van der Waals surface area contributed by atoms with E-state index in [0.717, 1.165) is 5.56 Å². The van der Waals surface area contributed by atoms with Crippen molar-refractivity contribution >= 4 is 35.2 Å². The molecule has 1 atom stereocenters. The van der Waals surface area contributed by atoms with Crippen LogP contribution in [0.2, 0.25) is 0 Å². The number of thioether (sulfide) groups is 1. The maximum Gasteiger partial charge on any atom is 0.339 e. The number of nitrogens with zero attached hydrogens (tertiary/aromatic N) is 1. The molecule has 0 aromatic heterocycles. The van der Waals surface area contributed by atoms with Crippen molar-refractivity contribution in [3.05, 3.63) is 95.6 Å². The fourth-order valence-corrected chi connectivity index (χ4v) is 4.03. The van der Waals surface area contributed by atoms with Gasteiger partial charge < -0.3 is 15.4 Å². The summed E-state index contributed by atoms with van der Waals surface area (Å²) in [7, 11) is 0. The van der Waals surface area contributed by atoms with Crippen molar-refractivity contribution in [3.8, 4) is 6.07 Å². The fraction of sp³-hybridized carbons (Fsp3) is 0.185. The lowest BCUT2D eigenvalue weighted by molar-refractivity contribution is -0.124. The Labute approximate surface area is 208 Å². The van der Waals surface area contributed by atoms with E-state index < -0.39 is 12.6 Å². The molecule has 0 aliphatic heterocycles. The molecule has 0 aliphatic rings. The molecule has 35 heavy (non-hydrogen) atoms. The molecule has 3 rings (SSSR count). The van der Waals surface area contributed by atoms with Crippen LogP contribution in [-0.2, 0) is 14.3 Å². The van der Waals surface area contributed by atoms with Crippen LogP contribution in [0.3, 0.4) is 0 Å². The number of hydrogen-bond donors (Lipinski definition) is 2. The lowest BCUT2D eigenvalue weighted by Gasteiger charge is -2.13. The van der Waals surface area contributed by atoms with E-state index in [0.29, 0.717) is 22.7 Å². The first-order valence-corrected chi connectivity index (χ1v) is 12.0. The maximum absolute atomic E-state index is 12.6. The molecule has 7 nitrogen and oxygen atoms in total. The Bertz CT molecular complexity index is 1220. The predicted octanol–water partition coefficient (Wildman–Crippen LogP) is 4.37. The molecule has 0 aliphatic carbocycles. The van der Waals surface area contributed by atoms with Crippen molar-refractivity contribution in [2.45, 2.75) is 17.7 Å². The van der Waals surface area contributed by atoms with Crippen molar-refractivity contribution in [2.24, 2.45) is 0 Å². The van der Waals surface area contributed by atoms with Crippen molar-refractivity contribution in [1.29, 1.82) is 5.26 Å². The second kappa shape index (κ2) is 13.0. The maximum atomic E-state index is 12.6. The van der Waals surface area contributed by atoms with E-state index in [-0.39, 0.29) is 29.0 Å². The number of nitriles is 1. The molecule has 0 fully saturated rings. The van der Waals surface area contributed by atoms with Crippen LogP contribution in [0.4, 0.5) is 5.69 Å². The molecule has 2 amide bonds. The molecule has 0 spiro atoms. The van der Waals surface area contributed by atoms with Gasteiger partial charge in [0.2, 0.25) is 5.91 Å². The van der Waals surface area contributed by atoms with Crippen molar-refractivity contribution in [3.63, 3.8) is 0 Å². The van der Waals surface area contributed by atoms with Gasteiger partial charge in [-0.2, -0.15) is 5.26 Å². The minimum atomic E-state index is -0.638. The number of esters is 1. The number of anilines is 1. The zero-order chi connectivity index (χ0) is 25.0. The van der Waals surface area contributed by atoms with Gasteiger partial charge in [-0.25, -0.2) is 4.79 Å². The van der Waals surface area contributed by atoms with Gasteiger partial charge in [0.25, 0.3) is 5.91 Å². The van der Waals surface area contributed by atoms with Crippen LogP contribution >= 0.6 is 11.8 Å². The van der Waals surface area contributed by atoms with E-state index in [2.05, 4.69) is 10.6 Å². The van der Waals surface area contributed by atoms with Crippen molar-refractivity contribution in [2.75, 3.05) is 24.2 Å². The zero-order valence-electron chi connectivity index (χ0n) is 19.2. The first-order valence-electron chi connectivity index (χ1n) is 11.0. The van der Waals surface area contributed by atoms with Gasteiger partial charge >= 0.3 is 5.97 Å². The Morgan fingerprint density at radius 2 is 1.71 bits per heavy atom. The summed E-state index contributed by atoms with van der Waals surface area (Å²) >= 11 is 1.18. The number of benzene rings is 3. The summed E-state index contributed by atoms with van der Waals surface area (Å²) in [6, 6.07) is 25.2. The summed E-state index contributed by atoms with van der Waals surface area (Å²) in [5.41, 5.74) is 2.36. The van der Waals surface area contributed by atoms with Crippen LogP contribution in [0, 0.1) is 11.3 Å². The number of carbonyl (C=O) groups excluding carboxylic acids is 3. The van der Waals surface area contributed by atoms with Crippen LogP contribution in [0.15, 0.2) is 83.8 Å². The standard InChI is InChI=1S/C27H25N3O4S/c1-19(21-9-3-2-4-10-21)16-29-25(31)17-34-27(33)23-12-5-6-13-24(23)35-18-26(32)30-22-11-7-8-20(14-22)15-28/h2-14,19H,16-18H2,1H3,(H,29,31)(H,30,32)/t19-/m0/s1. The lowest BCUT2D eigenvalue weighted by atomic mass is 10.0. The summed E-state index contributed by atoms with van der Waals surface area (Å²) < 4.78 is 5.20. The minimum absolute atomic E-state index is 0.0545. The first-order chi connectivity index (χ1) is 17.0. The van der Waals surface area contributed by atoms with Gasteiger partial charge in [0.15, 0.2) is 6.61 Å². The summed E-state index contributed by atoms with van der Waals surface area (Å²) in [6.07, 6.45) is 0. The van der Waals surface area contributed by atoms with Crippen molar-refractivity contribution in [1.82, 2.24) is 5.32 Å². The average Bonchev–Trinajstić information content (AvgIpc) is 2.90. The molecule has 0 bridgehead atoms. The number of rotatable bonds is 10. The number of ether oxygens (including phenoxy) is 1. The highest BCUT2D eigenvalue weighted by Crippen LogP contribution is 2.24. The molecule has 0 unspecified atom stereocenters. The Kier molecular flexibility index (Phi) is 9.46. The van der Waals surface area contributed by atoms with E-state index in [9.17, 15) is 14.4 Å². The highest BCUT2D eigenvalue weighted by Gasteiger charge is 2.16. The van der Waals surface area contributed by atoms with Crippen molar-refractivity contribution < 1.29 is 19.1 Å². The Morgan fingerprint density at radius 3 is 2.49 bits per heavy atom. The molecule has 0 saturated heterocycles. The molecular formula is C27H25N3O4S. The van der Waals surface area contributed by atoms with Gasteiger partial charge in [-0.3, -0.25) is 9.59 Å². The van der Waals surface area contributed by atoms with Gasteiger partial charge in [-0.05, 0) is 41.8 Å². The van der Waals surface area contributed by atoms with Gasteiger partial charge in [0.1, 0.15) is 0 Å². The summed E-state index contributed by atoms with van der Waals surface area (Å²) in [4.78, 5) is 37.6. The Balaban J connectivity index is 1.48. The molecule has 0 saturated carbocycles. The summed E-state index contributed by atoms with van der Waals surface area (Å²) in [5, 5.41) is 14.5. The van der Waals surface area contributed by atoms with E-state index in [1.807, 2.05) is 43.3 Å². The molecule has 8 heteroatoms. The van der Waals surface area contributed by atoms with Crippen LogP contribution in [0.25, 0.3) is 0 Å². The normalized spacial score (nSPS) is 11.1. The summed E-state index contributed by atoms with van der Waals surface area (Å²) in [6.45, 7) is 2.04. The van der Waals surface area contributed by atoms with Gasteiger partial charge in [-0.15, -0.1) is 11.8 Å². The number of carbonyl (C=O) groups is 3. The topological polar surface area (TPSA) is 108 Å². The van der Waals surface area contributed by atoms with E-state index in [1.54, 1.807) is 48.5 Å². The molecule has 3 aromatic carbocycles. The Hall–Kier alpha value is -4.09. The van der Waals surface area contributed by atoms with Crippen LogP contribution in [0.5, 0.6) is 0 Å². The van der Waals surface area contributed by atoms with Crippen LogP contribution in [0.1, 0.15) is 34.3 Å². The Morgan fingerprint density at radius 1 is 0.971 bits per heavy atom. The molecule has 0 heterocycles. The molecular weight excluding hydrogens is 462 g/mol. The second-order valence-corrected chi connectivity index (χ2v) is 8.73. The number of amides is 2. The number of hydrogen-bond acceptors (Lipinski definition) is 6. The minimum Gasteiger partial charge on any atom is -0.452 e. The molecule has 2 N–H and O–H groups in total. The molecule has 178 valence electrons. The van der Waals surface area contributed by atoms with Crippen LogP contribution < -0.4 is 10.6 Å². The first kappa shape index (κ1) is 25.5. The van der Waals surface area contributed by atoms with Gasteiger partial charge in [-0.1, -0.05) is 55.5 Å².